The molecule has 1 aromatic rings. The van der Waals surface area contributed by atoms with E-state index in [9.17, 15) is 9.59 Å². The molecule has 0 aromatic carbocycles. The second-order valence-electron chi connectivity index (χ2n) is 4.07. The minimum Gasteiger partial charge on any atom is -0.480 e. The molecule has 0 saturated heterocycles. The Morgan fingerprint density at radius 2 is 2.21 bits per heavy atom. The minimum absolute atomic E-state index is 0.273. The lowest BCUT2D eigenvalue weighted by Crippen LogP contribution is -2.42. The van der Waals surface area contributed by atoms with E-state index in [0.29, 0.717) is 4.34 Å². The highest BCUT2D eigenvalue weighted by Crippen LogP contribution is 2.28. The Labute approximate surface area is 121 Å². The molecule has 4 nitrogen and oxygen atoms in total. The molecular weight excluding hydrogens is 286 g/mol. The van der Waals surface area contributed by atoms with Gasteiger partial charge in [-0.3, -0.25) is 4.79 Å². The highest BCUT2D eigenvalue weighted by atomic mass is 35.5. The number of thiophene rings is 1. The van der Waals surface area contributed by atoms with Gasteiger partial charge in [-0.05, 0) is 32.4 Å². The average molecular weight is 302 g/mol. The first-order valence-corrected chi connectivity index (χ1v) is 7.04. The topological polar surface area (TPSA) is 66.4 Å². The fourth-order valence-corrected chi connectivity index (χ4v) is 2.59. The molecule has 0 aliphatic rings. The predicted octanol–water partition coefficient (Wildman–Crippen LogP) is 3.04. The third-order valence-electron chi connectivity index (χ3n) is 2.64. The number of carbonyl (C=O) groups excluding carboxylic acids is 1. The van der Waals surface area contributed by atoms with Gasteiger partial charge in [0.2, 0.25) is 5.91 Å². The molecule has 0 aliphatic heterocycles. The molecule has 19 heavy (non-hydrogen) atoms. The summed E-state index contributed by atoms with van der Waals surface area (Å²) in [4.78, 5) is 23.9. The van der Waals surface area contributed by atoms with Gasteiger partial charge in [0.25, 0.3) is 0 Å². The van der Waals surface area contributed by atoms with Crippen molar-refractivity contribution in [1.82, 2.24) is 5.32 Å². The molecular formula is C13H16ClNO3S. The van der Waals surface area contributed by atoms with Gasteiger partial charge >= 0.3 is 5.97 Å². The molecule has 1 amide bonds. The van der Waals surface area contributed by atoms with Crippen LogP contribution in [0.3, 0.4) is 0 Å². The van der Waals surface area contributed by atoms with Gasteiger partial charge in [-0.1, -0.05) is 23.8 Å². The zero-order chi connectivity index (χ0) is 14.4. The smallest absolute Gasteiger partial charge is 0.326 e. The molecule has 2 N–H and O–H groups in total. The van der Waals surface area contributed by atoms with E-state index in [1.165, 1.54) is 11.3 Å². The van der Waals surface area contributed by atoms with Gasteiger partial charge in [0.1, 0.15) is 6.04 Å². The standard InChI is InChI=1S/C13H16ClNO3S/c1-3-4-5-9(13(17)18)15-12(16)8(2)10-6-7-11(14)19-10/h3-4,6-9H,5H2,1-2H3,(H,15,16)(H,17,18)/b4-3+. The molecule has 1 rings (SSSR count). The van der Waals surface area contributed by atoms with E-state index in [-0.39, 0.29) is 12.3 Å². The Hall–Kier alpha value is -1.33. The van der Waals surface area contributed by atoms with Crippen molar-refractivity contribution >= 4 is 34.8 Å². The van der Waals surface area contributed by atoms with Gasteiger partial charge in [0.05, 0.1) is 10.3 Å². The van der Waals surface area contributed by atoms with Gasteiger partial charge in [-0.15, -0.1) is 11.3 Å². The Morgan fingerprint density at radius 1 is 1.53 bits per heavy atom. The largest absolute Gasteiger partial charge is 0.480 e. The number of nitrogens with one attached hydrogen (secondary N) is 1. The first kappa shape index (κ1) is 15.7. The number of allylic oxidation sites excluding steroid dienone is 1. The first-order chi connectivity index (χ1) is 8.95. The SMILES string of the molecule is C/C=C/CC(NC(=O)C(C)c1ccc(Cl)s1)C(=O)O. The van der Waals surface area contributed by atoms with Crippen LogP contribution in [0.1, 0.15) is 31.1 Å². The van der Waals surface area contributed by atoms with Crippen molar-refractivity contribution in [1.29, 1.82) is 0 Å². The zero-order valence-electron chi connectivity index (χ0n) is 10.7. The van der Waals surface area contributed by atoms with Gasteiger partial charge < -0.3 is 10.4 Å². The van der Waals surface area contributed by atoms with Gasteiger partial charge in [0.15, 0.2) is 0 Å². The molecule has 0 fully saturated rings. The Morgan fingerprint density at radius 3 is 2.68 bits per heavy atom. The van der Waals surface area contributed by atoms with E-state index in [1.807, 2.05) is 0 Å². The molecule has 0 saturated carbocycles. The lowest BCUT2D eigenvalue weighted by Gasteiger charge is -2.16. The number of rotatable bonds is 6. The van der Waals surface area contributed by atoms with Gasteiger partial charge in [-0.25, -0.2) is 4.79 Å². The normalized spacial score (nSPS) is 14.3. The zero-order valence-corrected chi connectivity index (χ0v) is 12.3. The van der Waals surface area contributed by atoms with Crippen LogP contribution in [-0.4, -0.2) is 23.0 Å². The third-order valence-corrected chi connectivity index (χ3v) is 4.05. The van der Waals surface area contributed by atoms with Crippen LogP contribution < -0.4 is 5.32 Å². The number of halogens is 1. The quantitative estimate of drug-likeness (QED) is 0.794. The minimum atomic E-state index is -1.04. The van der Waals surface area contributed by atoms with Crippen LogP contribution in [0.15, 0.2) is 24.3 Å². The molecule has 1 heterocycles. The van der Waals surface area contributed by atoms with E-state index in [1.54, 1.807) is 38.1 Å². The monoisotopic (exact) mass is 301 g/mol. The molecule has 6 heteroatoms. The van der Waals surface area contributed by atoms with E-state index >= 15 is 0 Å². The average Bonchev–Trinajstić information content (AvgIpc) is 2.79. The number of aliphatic carboxylic acids is 1. The fraction of sp³-hybridized carbons (Fsp3) is 0.385. The first-order valence-electron chi connectivity index (χ1n) is 5.85. The Bertz CT molecular complexity index is 484. The lowest BCUT2D eigenvalue weighted by atomic mass is 10.1. The van der Waals surface area contributed by atoms with Crippen molar-refractivity contribution in [2.45, 2.75) is 32.2 Å². The maximum atomic E-state index is 12.0. The van der Waals surface area contributed by atoms with Crippen molar-refractivity contribution < 1.29 is 14.7 Å². The summed E-state index contributed by atoms with van der Waals surface area (Å²) in [5.74, 6) is -1.76. The summed E-state index contributed by atoms with van der Waals surface area (Å²) >= 11 is 7.14. The van der Waals surface area contributed by atoms with Gasteiger partial charge in [-0.2, -0.15) is 0 Å². The van der Waals surface area contributed by atoms with Crippen molar-refractivity contribution in [3.63, 3.8) is 0 Å². The van der Waals surface area contributed by atoms with E-state index in [2.05, 4.69) is 5.32 Å². The van der Waals surface area contributed by atoms with Crippen molar-refractivity contribution in [2.24, 2.45) is 0 Å². The summed E-state index contributed by atoms with van der Waals surface area (Å²) in [5.41, 5.74) is 0. The number of hydrogen-bond donors (Lipinski definition) is 2. The molecule has 2 atom stereocenters. The molecule has 2 unspecified atom stereocenters. The summed E-state index contributed by atoms with van der Waals surface area (Å²) < 4.78 is 0.610. The van der Waals surface area contributed by atoms with Crippen molar-refractivity contribution in [3.05, 3.63) is 33.5 Å². The highest BCUT2D eigenvalue weighted by Gasteiger charge is 2.23. The Balaban J connectivity index is 2.68. The number of amides is 1. The molecule has 0 aliphatic carbocycles. The summed E-state index contributed by atoms with van der Waals surface area (Å²) in [5, 5.41) is 11.6. The number of carbonyl (C=O) groups is 2. The molecule has 0 radical (unpaired) electrons. The lowest BCUT2D eigenvalue weighted by molar-refractivity contribution is -0.141. The second kappa shape index (κ2) is 7.31. The fourth-order valence-electron chi connectivity index (χ4n) is 1.48. The summed E-state index contributed by atoms with van der Waals surface area (Å²) in [6.45, 7) is 3.53. The number of carboxylic acid groups (broad SMARTS) is 1. The maximum Gasteiger partial charge on any atom is 0.326 e. The van der Waals surface area contributed by atoms with E-state index in [0.717, 1.165) is 4.88 Å². The Kier molecular flexibility index (Phi) is 6.05. The van der Waals surface area contributed by atoms with Crippen LogP contribution >= 0.6 is 22.9 Å². The van der Waals surface area contributed by atoms with E-state index in [4.69, 9.17) is 16.7 Å². The molecule has 104 valence electrons. The van der Waals surface area contributed by atoms with Crippen molar-refractivity contribution in [2.75, 3.05) is 0 Å². The summed E-state index contributed by atoms with van der Waals surface area (Å²) in [7, 11) is 0. The third kappa shape index (κ3) is 4.69. The van der Waals surface area contributed by atoms with Crippen LogP contribution in [0.5, 0.6) is 0 Å². The van der Waals surface area contributed by atoms with Crippen LogP contribution in [0.25, 0.3) is 0 Å². The predicted molar refractivity (Wildman–Crippen MR) is 76.7 cm³/mol. The van der Waals surface area contributed by atoms with Crippen LogP contribution in [0.4, 0.5) is 0 Å². The molecule has 1 aromatic heterocycles. The van der Waals surface area contributed by atoms with Crippen LogP contribution in [-0.2, 0) is 9.59 Å². The summed E-state index contributed by atoms with van der Waals surface area (Å²) in [6, 6.07) is 2.60. The number of hydrogen-bond acceptors (Lipinski definition) is 3. The van der Waals surface area contributed by atoms with Crippen LogP contribution in [0, 0.1) is 0 Å². The van der Waals surface area contributed by atoms with Crippen LogP contribution in [0.2, 0.25) is 4.34 Å². The maximum absolute atomic E-state index is 12.0. The molecule has 0 spiro atoms. The highest BCUT2D eigenvalue weighted by molar-refractivity contribution is 7.16. The van der Waals surface area contributed by atoms with E-state index < -0.39 is 17.9 Å². The molecule has 0 bridgehead atoms. The van der Waals surface area contributed by atoms with Crippen molar-refractivity contribution in [3.8, 4) is 0 Å². The van der Waals surface area contributed by atoms with Gasteiger partial charge in [0, 0.05) is 4.88 Å². The summed E-state index contributed by atoms with van der Waals surface area (Å²) in [6.07, 6.45) is 3.74. The second-order valence-corrected chi connectivity index (χ2v) is 5.81. The number of carboxylic acids is 1.